The van der Waals surface area contributed by atoms with Crippen LogP contribution in [-0.4, -0.2) is 46.3 Å². The molecule has 8 nitrogen and oxygen atoms in total. The fraction of sp³-hybridized carbons (Fsp3) is 0.421. The Morgan fingerprint density at radius 2 is 2.25 bits per heavy atom. The second kappa shape index (κ2) is 7.76. The third-order valence-corrected chi connectivity index (χ3v) is 4.90. The molecule has 0 aromatic carbocycles. The van der Waals surface area contributed by atoms with E-state index in [1.54, 1.807) is 29.4 Å². The molecule has 28 heavy (non-hydrogen) atoms. The van der Waals surface area contributed by atoms with Crippen LogP contribution in [0.25, 0.3) is 11.3 Å². The number of rotatable bonds is 4. The summed E-state index contributed by atoms with van der Waals surface area (Å²) in [5, 5.41) is 15.5. The van der Waals surface area contributed by atoms with E-state index in [0.29, 0.717) is 48.0 Å². The van der Waals surface area contributed by atoms with Gasteiger partial charge in [-0.15, -0.1) is 0 Å². The number of pyridine rings is 1. The van der Waals surface area contributed by atoms with Gasteiger partial charge in [-0.05, 0) is 31.4 Å². The lowest BCUT2D eigenvalue weighted by atomic mass is 10.1. The van der Waals surface area contributed by atoms with E-state index in [9.17, 15) is 14.4 Å². The summed E-state index contributed by atoms with van der Waals surface area (Å²) in [5.74, 6) is 0.909. The van der Waals surface area contributed by atoms with Crippen LogP contribution in [0, 0.1) is 11.3 Å². The summed E-state index contributed by atoms with van der Waals surface area (Å²) in [5.41, 5.74) is 1.67. The van der Waals surface area contributed by atoms with E-state index in [2.05, 4.69) is 31.7 Å². The molecule has 144 valence electrons. The van der Waals surface area contributed by atoms with Crippen molar-refractivity contribution in [3.8, 4) is 17.3 Å². The number of nitrogens with one attached hydrogen (secondary N) is 2. The number of halogens is 1. The molecule has 2 N–H and O–H groups in total. The van der Waals surface area contributed by atoms with Gasteiger partial charge in [-0.2, -0.15) is 5.26 Å². The highest BCUT2D eigenvalue weighted by atomic mass is 19.1. The Morgan fingerprint density at radius 1 is 1.36 bits per heavy atom. The number of aromatic nitrogens is 3. The molecule has 0 bridgehead atoms. The van der Waals surface area contributed by atoms with Gasteiger partial charge in [0.25, 0.3) is 0 Å². The monoisotopic (exact) mass is 381 g/mol. The van der Waals surface area contributed by atoms with Crippen molar-refractivity contribution in [1.29, 1.82) is 5.26 Å². The molecular weight excluding hydrogens is 361 g/mol. The summed E-state index contributed by atoms with van der Waals surface area (Å²) in [6.45, 7) is 0.812. The molecule has 0 aliphatic carbocycles. The number of piperidine rings is 1. The first kappa shape index (κ1) is 18.1. The maximum Gasteiger partial charge on any atom is 0.224 e. The van der Waals surface area contributed by atoms with Crippen molar-refractivity contribution in [3.05, 3.63) is 30.1 Å². The van der Waals surface area contributed by atoms with Crippen molar-refractivity contribution in [2.45, 2.75) is 38.0 Å². The Bertz CT molecular complexity index is 929. The number of nitrogens with zero attached hydrogens (tertiary/aromatic N) is 5. The molecular formula is C19H20FN7O. The van der Waals surface area contributed by atoms with Crippen molar-refractivity contribution in [1.82, 2.24) is 20.3 Å². The van der Waals surface area contributed by atoms with Crippen molar-refractivity contribution < 1.29 is 9.18 Å². The van der Waals surface area contributed by atoms with Crippen LogP contribution < -0.4 is 15.5 Å². The molecule has 2 aromatic rings. The molecule has 2 aliphatic rings. The van der Waals surface area contributed by atoms with E-state index in [0.717, 1.165) is 12.8 Å². The van der Waals surface area contributed by atoms with Crippen LogP contribution in [0.5, 0.6) is 0 Å². The summed E-state index contributed by atoms with van der Waals surface area (Å²) in [4.78, 5) is 26.4. The van der Waals surface area contributed by atoms with E-state index >= 15 is 0 Å². The van der Waals surface area contributed by atoms with Crippen molar-refractivity contribution in [3.63, 3.8) is 0 Å². The number of amides is 1. The molecule has 9 heteroatoms. The largest absolute Gasteiger partial charge is 0.352 e. The van der Waals surface area contributed by atoms with Gasteiger partial charge in [0.1, 0.15) is 24.2 Å². The molecule has 0 radical (unpaired) electrons. The normalized spacial score (nSPS) is 21.9. The van der Waals surface area contributed by atoms with E-state index in [4.69, 9.17) is 0 Å². The first-order valence-electron chi connectivity index (χ1n) is 9.31. The molecule has 2 fully saturated rings. The summed E-state index contributed by atoms with van der Waals surface area (Å²) < 4.78 is 13.5. The van der Waals surface area contributed by atoms with Crippen LogP contribution in [0.2, 0.25) is 0 Å². The van der Waals surface area contributed by atoms with Gasteiger partial charge in [0.2, 0.25) is 11.9 Å². The first-order valence-corrected chi connectivity index (χ1v) is 9.31. The average Bonchev–Trinajstić information content (AvgIpc) is 3.14. The van der Waals surface area contributed by atoms with Crippen molar-refractivity contribution in [2.24, 2.45) is 0 Å². The maximum absolute atomic E-state index is 13.5. The van der Waals surface area contributed by atoms with Crippen LogP contribution in [0.4, 0.5) is 16.2 Å². The number of carbonyl (C=O) groups excluding carboxylic acids is 1. The Labute approximate surface area is 161 Å². The quantitative estimate of drug-likeness (QED) is 0.834. The van der Waals surface area contributed by atoms with Crippen LogP contribution in [0.15, 0.2) is 24.5 Å². The lowest BCUT2D eigenvalue weighted by Crippen LogP contribution is -2.44. The summed E-state index contributed by atoms with van der Waals surface area (Å²) >= 11 is 0. The molecule has 2 saturated heterocycles. The zero-order valence-corrected chi connectivity index (χ0v) is 15.2. The van der Waals surface area contributed by atoms with Gasteiger partial charge in [0.05, 0.1) is 17.8 Å². The van der Waals surface area contributed by atoms with Gasteiger partial charge in [-0.25, -0.2) is 19.3 Å². The fourth-order valence-electron chi connectivity index (χ4n) is 3.50. The summed E-state index contributed by atoms with van der Waals surface area (Å²) in [7, 11) is 0. The third kappa shape index (κ3) is 3.86. The first-order chi connectivity index (χ1) is 13.6. The molecule has 1 amide bonds. The highest BCUT2D eigenvalue weighted by molar-refractivity contribution is 5.77. The second-order valence-electron chi connectivity index (χ2n) is 6.96. The van der Waals surface area contributed by atoms with Gasteiger partial charge in [-0.3, -0.25) is 4.79 Å². The third-order valence-electron chi connectivity index (χ3n) is 4.90. The van der Waals surface area contributed by atoms with E-state index in [1.165, 1.54) is 0 Å². The second-order valence-corrected chi connectivity index (χ2v) is 6.96. The Morgan fingerprint density at radius 3 is 3.00 bits per heavy atom. The topological polar surface area (TPSA) is 107 Å². The Hall–Kier alpha value is -3.28. The predicted molar refractivity (Wildman–Crippen MR) is 101 cm³/mol. The Kier molecular flexibility index (Phi) is 5.02. The summed E-state index contributed by atoms with van der Waals surface area (Å²) in [6, 6.07) is 5.59. The van der Waals surface area contributed by atoms with Crippen LogP contribution in [0.1, 0.15) is 31.2 Å². The number of nitriles is 1. The van der Waals surface area contributed by atoms with Crippen LogP contribution in [-0.2, 0) is 4.79 Å². The molecule has 2 atom stereocenters. The maximum atomic E-state index is 13.5. The van der Waals surface area contributed by atoms with Crippen molar-refractivity contribution in [2.75, 3.05) is 23.3 Å². The smallest absolute Gasteiger partial charge is 0.224 e. The van der Waals surface area contributed by atoms with Gasteiger partial charge >= 0.3 is 0 Å². The molecule has 4 rings (SSSR count). The number of anilines is 2. The predicted octanol–water partition coefficient (Wildman–Crippen LogP) is 2.00. The van der Waals surface area contributed by atoms with Gasteiger partial charge in [0.15, 0.2) is 0 Å². The number of carbonyl (C=O) groups is 1. The van der Waals surface area contributed by atoms with Gasteiger partial charge in [-0.1, -0.05) is 0 Å². The van der Waals surface area contributed by atoms with E-state index in [-0.39, 0.29) is 18.6 Å². The molecule has 1 unspecified atom stereocenters. The minimum Gasteiger partial charge on any atom is -0.352 e. The standard InChI is InChI=1S/C19H20FN7O/c20-14-5-7-27(11-14)18-12(9-21)8-13(10-23-18)15-4-6-22-19(24-15)26-16-2-1-3-17(28)25-16/h4,6,8,10,14,16H,1-3,5,7,11H2,(H,25,28)(H,22,24,26)/t14-,16?/m0/s1. The molecule has 0 spiro atoms. The Balaban J connectivity index is 1.55. The fourth-order valence-corrected chi connectivity index (χ4v) is 3.50. The number of hydrogen-bond acceptors (Lipinski definition) is 7. The van der Waals surface area contributed by atoms with E-state index < -0.39 is 6.17 Å². The molecule has 4 heterocycles. The molecule has 2 aromatic heterocycles. The number of alkyl halides is 1. The average molecular weight is 381 g/mol. The van der Waals surface area contributed by atoms with Crippen LogP contribution in [0.3, 0.4) is 0 Å². The lowest BCUT2D eigenvalue weighted by Gasteiger charge is -2.24. The van der Waals surface area contributed by atoms with Gasteiger partial charge in [0, 0.05) is 30.9 Å². The highest BCUT2D eigenvalue weighted by Gasteiger charge is 2.25. The minimum absolute atomic E-state index is 0.00999. The molecule has 2 aliphatic heterocycles. The SMILES string of the molecule is N#Cc1cc(-c2ccnc(NC3CCCC(=O)N3)n2)cnc1N1CC[C@H](F)C1. The number of hydrogen-bond donors (Lipinski definition) is 2. The van der Waals surface area contributed by atoms with Gasteiger partial charge < -0.3 is 15.5 Å². The van der Waals surface area contributed by atoms with Crippen LogP contribution >= 0.6 is 0 Å². The summed E-state index contributed by atoms with van der Waals surface area (Å²) in [6.07, 6.45) is 4.77. The zero-order chi connectivity index (χ0) is 19.5. The zero-order valence-electron chi connectivity index (χ0n) is 15.2. The lowest BCUT2D eigenvalue weighted by molar-refractivity contribution is -0.123. The van der Waals surface area contributed by atoms with E-state index in [1.807, 2.05) is 0 Å². The van der Waals surface area contributed by atoms with Crippen molar-refractivity contribution >= 4 is 17.7 Å². The highest BCUT2D eigenvalue weighted by Crippen LogP contribution is 2.27. The molecule has 0 saturated carbocycles. The minimum atomic E-state index is -0.885.